The molecular weight excluding hydrogens is 209 g/mol. The molecule has 16 heavy (non-hydrogen) atoms. The minimum atomic E-state index is -1.35. The van der Waals surface area contributed by atoms with Crippen LogP contribution in [0.25, 0.3) is 0 Å². The number of nitrogens with zero attached hydrogens (tertiary/aromatic N) is 1. The van der Waals surface area contributed by atoms with Gasteiger partial charge in [-0.05, 0) is 25.7 Å². The van der Waals surface area contributed by atoms with Crippen molar-refractivity contribution in [3.8, 4) is 0 Å². The first-order valence-electron chi connectivity index (χ1n) is 5.33. The van der Waals surface area contributed by atoms with Gasteiger partial charge in [-0.1, -0.05) is 6.08 Å². The molecule has 90 valence electrons. The predicted octanol–water partition coefficient (Wildman–Crippen LogP) is -0.418. The fourth-order valence-corrected chi connectivity index (χ4v) is 1.81. The molecule has 0 fully saturated rings. The summed E-state index contributed by atoms with van der Waals surface area (Å²) in [5.74, 6) is 0. The largest absolute Gasteiger partial charge is 0.483 e. The Morgan fingerprint density at radius 1 is 1.62 bits per heavy atom. The Balaban J connectivity index is 2.45. The van der Waals surface area contributed by atoms with Crippen molar-refractivity contribution < 1.29 is 19.6 Å². The van der Waals surface area contributed by atoms with Crippen LogP contribution < -0.4 is 0 Å². The Morgan fingerprint density at radius 2 is 2.31 bits per heavy atom. The van der Waals surface area contributed by atoms with Gasteiger partial charge in [-0.25, -0.2) is 0 Å². The van der Waals surface area contributed by atoms with Crippen molar-refractivity contribution in [2.45, 2.75) is 25.9 Å². The highest BCUT2D eigenvalue weighted by atomic mass is 16.5. The Kier molecular flexibility index (Phi) is 4.52. The molecule has 0 radical (unpaired) electrons. The van der Waals surface area contributed by atoms with Gasteiger partial charge >= 0.3 is 7.12 Å². The van der Waals surface area contributed by atoms with Crippen LogP contribution in [0.5, 0.6) is 0 Å². The van der Waals surface area contributed by atoms with Crippen LogP contribution >= 0.6 is 0 Å². The van der Waals surface area contributed by atoms with E-state index >= 15 is 0 Å². The second-order valence-corrected chi connectivity index (χ2v) is 4.61. The van der Waals surface area contributed by atoms with Crippen LogP contribution in [0.4, 0.5) is 0 Å². The van der Waals surface area contributed by atoms with Gasteiger partial charge in [0.25, 0.3) is 6.47 Å². The number of ether oxygens (including phenoxy) is 1. The highest BCUT2D eigenvalue weighted by molar-refractivity contribution is 6.50. The monoisotopic (exact) mass is 227 g/mol. The molecule has 0 unspecified atom stereocenters. The molecule has 2 N–H and O–H groups in total. The number of carbonyl (C=O) groups is 1. The molecule has 1 heterocycles. The minimum Gasteiger partial charge on any atom is -0.461 e. The van der Waals surface area contributed by atoms with Gasteiger partial charge in [0, 0.05) is 19.6 Å². The van der Waals surface area contributed by atoms with E-state index in [-0.39, 0.29) is 0 Å². The molecule has 0 aromatic heterocycles. The molecule has 1 rings (SSSR count). The first kappa shape index (κ1) is 13.2. The highest BCUT2D eigenvalue weighted by Gasteiger charge is 2.26. The molecule has 0 aromatic carbocycles. The van der Waals surface area contributed by atoms with Crippen LogP contribution in [-0.2, 0) is 9.53 Å². The maximum Gasteiger partial charge on any atom is 0.483 e. The summed E-state index contributed by atoms with van der Waals surface area (Å²) in [6.07, 6.45) is 2.44. The SMILES string of the molecule is CC(C)(CN1CC=C(B(O)O)CC1)OC=O. The highest BCUT2D eigenvalue weighted by Crippen LogP contribution is 2.16. The van der Waals surface area contributed by atoms with E-state index in [4.69, 9.17) is 14.8 Å². The summed E-state index contributed by atoms with van der Waals surface area (Å²) < 4.78 is 4.96. The van der Waals surface area contributed by atoms with Crippen molar-refractivity contribution in [3.63, 3.8) is 0 Å². The lowest BCUT2D eigenvalue weighted by molar-refractivity contribution is -0.141. The van der Waals surface area contributed by atoms with E-state index < -0.39 is 12.7 Å². The van der Waals surface area contributed by atoms with Crippen molar-refractivity contribution in [1.82, 2.24) is 4.90 Å². The van der Waals surface area contributed by atoms with Gasteiger partial charge in [-0.3, -0.25) is 9.69 Å². The van der Waals surface area contributed by atoms with Crippen LogP contribution in [0.3, 0.4) is 0 Å². The van der Waals surface area contributed by atoms with E-state index in [2.05, 4.69) is 4.90 Å². The van der Waals surface area contributed by atoms with Crippen LogP contribution in [0.2, 0.25) is 0 Å². The number of rotatable bonds is 5. The van der Waals surface area contributed by atoms with E-state index in [1.807, 2.05) is 19.9 Å². The van der Waals surface area contributed by atoms with Gasteiger partial charge in [-0.2, -0.15) is 0 Å². The minimum absolute atomic E-state index is 0.461. The molecule has 1 aliphatic rings. The second kappa shape index (κ2) is 5.47. The lowest BCUT2D eigenvalue weighted by Crippen LogP contribution is -2.43. The standard InChI is InChI=1S/C10H18BNO4/c1-10(2,16-8-13)7-12-5-3-9(4-6-12)11(14)15/h3,8,14-15H,4-7H2,1-2H3. The molecule has 0 aromatic rings. The molecule has 5 nitrogen and oxygen atoms in total. The normalized spacial score (nSPS) is 17.9. The molecule has 0 aliphatic carbocycles. The molecule has 0 bridgehead atoms. The first-order chi connectivity index (χ1) is 7.44. The van der Waals surface area contributed by atoms with E-state index in [1.54, 1.807) is 0 Å². The zero-order valence-corrected chi connectivity index (χ0v) is 9.72. The Labute approximate surface area is 95.8 Å². The molecule has 0 saturated heterocycles. The number of carbonyl (C=O) groups excluding carboxylic acids is 1. The van der Waals surface area contributed by atoms with E-state index in [9.17, 15) is 4.79 Å². The van der Waals surface area contributed by atoms with Gasteiger partial charge in [0.2, 0.25) is 0 Å². The topological polar surface area (TPSA) is 70.0 Å². The second-order valence-electron chi connectivity index (χ2n) is 4.61. The maximum absolute atomic E-state index is 10.3. The predicted molar refractivity (Wildman–Crippen MR) is 60.6 cm³/mol. The molecule has 0 atom stereocenters. The van der Waals surface area contributed by atoms with Gasteiger partial charge in [0.15, 0.2) is 0 Å². The average Bonchev–Trinajstić information content (AvgIpc) is 2.17. The summed E-state index contributed by atoms with van der Waals surface area (Å²) in [6, 6.07) is 0. The van der Waals surface area contributed by atoms with Crippen LogP contribution in [0.1, 0.15) is 20.3 Å². The summed E-state index contributed by atoms with van der Waals surface area (Å²) in [6.45, 7) is 6.19. The third-order valence-corrected chi connectivity index (χ3v) is 2.63. The number of hydrogen-bond donors (Lipinski definition) is 2. The van der Waals surface area contributed by atoms with Gasteiger partial charge in [0.05, 0.1) is 0 Å². The van der Waals surface area contributed by atoms with Crippen molar-refractivity contribution in [2.24, 2.45) is 0 Å². The summed E-state index contributed by atoms with van der Waals surface area (Å²) in [5.41, 5.74) is 0.149. The third-order valence-electron chi connectivity index (χ3n) is 2.63. The molecule has 6 heteroatoms. The van der Waals surface area contributed by atoms with E-state index in [0.29, 0.717) is 31.5 Å². The van der Waals surface area contributed by atoms with Gasteiger partial charge < -0.3 is 14.8 Å². The molecule has 1 aliphatic heterocycles. The lowest BCUT2D eigenvalue weighted by atomic mass is 9.76. The van der Waals surface area contributed by atoms with E-state index in [0.717, 1.165) is 6.54 Å². The summed E-state index contributed by atoms with van der Waals surface area (Å²) >= 11 is 0. The van der Waals surface area contributed by atoms with Gasteiger partial charge in [-0.15, -0.1) is 0 Å². The quantitative estimate of drug-likeness (QED) is 0.493. The van der Waals surface area contributed by atoms with Crippen LogP contribution in [0.15, 0.2) is 11.5 Å². The zero-order valence-electron chi connectivity index (χ0n) is 9.72. The van der Waals surface area contributed by atoms with Crippen molar-refractivity contribution in [3.05, 3.63) is 11.5 Å². The van der Waals surface area contributed by atoms with E-state index in [1.165, 1.54) is 0 Å². The fourth-order valence-electron chi connectivity index (χ4n) is 1.81. The zero-order chi connectivity index (χ0) is 12.2. The Morgan fingerprint density at radius 3 is 2.75 bits per heavy atom. The maximum atomic E-state index is 10.3. The van der Waals surface area contributed by atoms with Crippen LogP contribution in [-0.4, -0.2) is 53.8 Å². The Bertz CT molecular complexity index is 278. The Hall–Kier alpha value is -0.845. The molecule has 0 saturated carbocycles. The van der Waals surface area contributed by atoms with Gasteiger partial charge in [0.1, 0.15) is 5.60 Å². The molecule has 0 amide bonds. The number of hydrogen-bond acceptors (Lipinski definition) is 5. The summed E-state index contributed by atoms with van der Waals surface area (Å²) in [5, 5.41) is 18.0. The van der Waals surface area contributed by atoms with Crippen molar-refractivity contribution in [2.75, 3.05) is 19.6 Å². The van der Waals surface area contributed by atoms with Crippen molar-refractivity contribution in [1.29, 1.82) is 0 Å². The van der Waals surface area contributed by atoms with Crippen molar-refractivity contribution >= 4 is 13.6 Å². The average molecular weight is 227 g/mol. The molecule has 0 spiro atoms. The van der Waals surface area contributed by atoms with Crippen LogP contribution in [0, 0.1) is 0 Å². The lowest BCUT2D eigenvalue weighted by Gasteiger charge is -2.33. The third kappa shape index (κ3) is 3.96. The summed E-state index contributed by atoms with van der Waals surface area (Å²) in [7, 11) is -1.35. The molecular formula is C10H18BNO4. The smallest absolute Gasteiger partial charge is 0.461 e. The summed E-state index contributed by atoms with van der Waals surface area (Å²) in [4.78, 5) is 12.4. The fraction of sp³-hybridized carbons (Fsp3) is 0.700. The first-order valence-corrected chi connectivity index (χ1v) is 5.33.